The first-order chi connectivity index (χ1) is 12.0. The molecular weight excluding hydrogens is 321 g/mol. The minimum atomic E-state index is -0.706. The van der Waals surface area contributed by atoms with Crippen molar-refractivity contribution in [1.82, 2.24) is 4.90 Å². The highest BCUT2D eigenvalue weighted by atomic mass is 19.1. The van der Waals surface area contributed by atoms with Crippen LogP contribution >= 0.6 is 0 Å². The molecule has 5 heteroatoms. The van der Waals surface area contributed by atoms with Crippen LogP contribution in [0.5, 0.6) is 17.2 Å². The molecule has 1 heterocycles. The van der Waals surface area contributed by atoms with E-state index in [1.165, 1.54) is 7.11 Å². The lowest BCUT2D eigenvalue weighted by molar-refractivity contribution is 0.225. The van der Waals surface area contributed by atoms with Gasteiger partial charge >= 0.3 is 0 Å². The molecule has 4 rings (SSSR count). The standard InChI is InChI=1S/C20H22FNO3/c1-10-6-13-11(8-16(10)23)7-15-17-12(4-5-22(15)2)14(9-21)19(24)20(25-3)18(13)17/h6,8,15,23-24H,4-5,7,9H2,1-3H3. The Balaban J connectivity index is 2.13. The minimum absolute atomic E-state index is 0.0909. The van der Waals surface area contributed by atoms with E-state index in [1.807, 2.05) is 13.0 Å². The summed E-state index contributed by atoms with van der Waals surface area (Å²) in [5.41, 5.74) is 5.91. The van der Waals surface area contributed by atoms with Gasteiger partial charge in [-0.1, -0.05) is 0 Å². The largest absolute Gasteiger partial charge is 0.508 e. The number of rotatable bonds is 2. The second-order valence-corrected chi connectivity index (χ2v) is 7.01. The number of alkyl halides is 1. The lowest BCUT2D eigenvalue weighted by Gasteiger charge is -2.41. The van der Waals surface area contributed by atoms with E-state index >= 15 is 0 Å². The Morgan fingerprint density at radius 3 is 2.76 bits per heavy atom. The van der Waals surface area contributed by atoms with Gasteiger partial charge in [0.1, 0.15) is 12.4 Å². The number of aromatic hydroxyl groups is 2. The van der Waals surface area contributed by atoms with Gasteiger partial charge in [0.05, 0.1) is 7.11 Å². The molecule has 1 aliphatic carbocycles. The van der Waals surface area contributed by atoms with E-state index in [-0.39, 0.29) is 17.5 Å². The van der Waals surface area contributed by atoms with Crippen molar-refractivity contribution in [3.8, 4) is 28.4 Å². The summed E-state index contributed by atoms with van der Waals surface area (Å²) < 4.78 is 19.2. The molecule has 2 aliphatic rings. The maximum Gasteiger partial charge on any atom is 0.169 e. The molecule has 0 aromatic heterocycles. The monoisotopic (exact) mass is 343 g/mol. The Labute approximate surface area is 146 Å². The molecule has 132 valence electrons. The molecule has 1 aliphatic heterocycles. The van der Waals surface area contributed by atoms with Crippen molar-refractivity contribution in [3.63, 3.8) is 0 Å². The Kier molecular flexibility index (Phi) is 3.65. The van der Waals surface area contributed by atoms with Crippen LogP contribution in [0.25, 0.3) is 11.1 Å². The Hall–Kier alpha value is -2.27. The molecule has 0 fully saturated rings. The Morgan fingerprint density at radius 2 is 2.08 bits per heavy atom. The van der Waals surface area contributed by atoms with Gasteiger partial charge in [-0.15, -0.1) is 0 Å². The predicted molar refractivity (Wildman–Crippen MR) is 94.1 cm³/mol. The number of aryl methyl sites for hydroxylation is 1. The van der Waals surface area contributed by atoms with Gasteiger partial charge in [-0.2, -0.15) is 0 Å². The highest BCUT2D eigenvalue weighted by Gasteiger charge is 2.38. The molecular formula is C20H22FNO3. The van der Waals surface area contributed by atoms with Gasteiger partial charge in [0.2, 0.25) is 0 Å². The van der Waals surface area contributed by atoms with Crippen LogP contribution in [0.3, 0.4) is 0 Å². The summed E-state index contributed by atoms with van der Waals surface area (Å²) in [6.07, 6.45) is 1.46. The van der Waals surface area contributed by atoms with E-state index in [0.29, 0.717) is 17.7 Å². The zero-order valence-corrected chi connectivity index (χ0v) is 14.7. The summed E-state index contributed by atoms with van der Waals surface area (Å²) >= 11 is 0. The average Bonchev–Trinajstić information content (AvgIpc) is 2.59. The summed E-state index contributed by atoms with van der Waals surface area (Å²) in [7, 11) is 3.56. The third-order valence-corrected chi connectivity index (χ3v) is 5.71. The lowest BCUT2D eigenvalue weighted by Crippen LogP contribution is -2.36. The van der Waals surface area contributed by atoms with Gasteiger partial charge in [0.15, 0.2) is 11.5 Å². The summed E-state index contributed by atoms with van der Waals surface area (Å²) in [6, 6.07) is 3.82. The van der Waals surface area contributed by atoms with E-state index in [9.17, 15) is 14.6 Å². The number of phenols is 2. The molecule has 0 spiro atoms. The number of hydrogen-bond donors (Lipinski definition) is 2. The predicted octanol–water partition coefficient (Wildman–Crippen LogP) is 3.64. The second kappa shape index (κ2) is 5.63. The highest BCUT2D eigenvalue weighted by molar-refractivity contribution is 5.85. The molecule has 4 nitrogen and oxygen atoms in total. The summed E-state index contributed by atoms with van der Waals surface area (Å²) in [6.45, 7) is 1.95. The molecule has 0 radical (unpaired) electrons. The highest BCUT2D eigenvalue weighted by Crippen LogP contribution is 2.54. The third-order valence-electron chi connectivity index (χ3n) is 5.71. The maximum absolute atomic E-state index is 13.7. The SMILES string of the molecule is COc1c(O)c(CF)c2c3c1-c1cc(C)c(O)cc1CC3N(C)CC2. The van der Waals surface area contributed by atoms with Gasteiger partial charge in [-0.05, 0) is 66.8 Å². The van der Waals surface area contributed by atoms with Crippen LogP contribution in [0.15, 0.2) is 12.1 Å². The van der Waals surface area contributed by atoms with E-state index in [0.717, 1.165) is 46.3 Å². The average molecular weight is 343 g/mol. The van der Waals surface area contributed by atoms with Gasteiger partial charge in [-0.3, -0.25) is 4.90 Å². The first-order valence-electron chi connectivity index (χ1n) is 8.51. The fourth-order valence-corrected chi connectivity index (χ4v) is 4.37. The first-order valence-corrected chi connectivity index (χ1v) is 8.51. The number of phenolic OH excluding ortho intramolecular Hbond substituents is 2. The summed E-state index contributed by atoms with van der Waals surface area (Å²) in [5.74, 6) is 0.503. The summed E-state index contributed by atoms with van der Waals surface area (Å²) in [5, 5.41) is 20.8. The van der Waals surface area contributed by atoms with Crippen molar-refractivity contribution in [3.05, 3.63) is 39.9 Å². The number of ether oxygens (including phenoxy) is 1. The van der Waals surface area contributed by atoms with Crippen molar-refractivity contribution < 1.29 is 19.3 Å². The Morgan fingerprint density at radius 1 is 1.32 bits per heavy atom. The Bertz CT molecular complexity index is 878. The van der Waals surface area contributed by atoms with Gasteiger partial charge < -0.3 is 14.9 Å². The number of nitrogens with zero attached hydrogens (tertiary/aromatic N) is 1. The molecule has 2 N–H and O–H groups in total. The quantitative estimate of drug-likeness (QED) is 0.874. The van der Waals surface area contributed by atoms with Crippen LogP contribution < -0.4 is 4.74 Å². The van der Waals surface area contributed by atoms with Crippen molar-refractivity contribution in [2.75, 3.05) is 20.7 Å². The normalized spacial score (nSPS) is 18.6. The molecule has 0 bridgehead atoms. The van der Waals surface area contributed by atoms with Crippen LogP contribution in [0, 0.1) is 6.92 Å². The molecule has 25 heavy (non-hydrogen) atoms. The number of methoxy groups -OCH3 is 1. The number of halogens is 1. The summed E-state index contributed by atoms with van der Waals surface area (Å²) in [4.78, 5) is 2.25. The topological polar surface area (TPSA) is 52.9 Å². The molecule has 0 saturated carbocycles. The smallest absolute Gasteiger partial charge is 0.169 e. The van der Waals surface area contributed by atoms with E-state index < -0.39 is 6.67 Å². The number of benzene rings is 2. The van der Waals surface area contributed by atoms with Gasteiger partial charge in [-0.25, -0.2) is 4.39 Å². The van der Waals surface area contributed by atoms with Crippen LogP contribution in [0.4, 0.5) is 4.39 Å². The zero-order valence-electron chi connectivity index (χ0n) is 14.7. The van der Waals surface area contributed by atoms with Gasteiger partial charge in [0.25, 0.3) is 0 Å². The zero-order chi connectivity index (χ0) is 17.9. The number of fused-ring (bicyclic) bond motifs is 2. The molecule has 2 aromatic carbocycles. The molecule has 2 aromatic rings. The first kappa shape index (κ1) is 16.2. The van der Waals surface area contributed by atoms with E-state index in [2.05, 4.69) is 11.9 Å². The second-order valence-electron chi connectivity index (χ2n) is 7.01. The van der Waals surface area contributed by atoms with Crippen LogP contribution in [0.1, 0.15) is 33.9 Å². The number of hydrogen-bond acceptors (Lipinski definition) is 4. The molecule has 1 atom stereocenters. The van der Waals surface area contributed by atoms with Crippen molar-refractivity contribution in [1.29, 1.82) is 0 Å². The lowest BCUT2D eigenvalue weighted by atomic mass is 9.74. The fraction of sp³-hybridized carbons (Fsp3) is 0.400. The minimum Gasteiger partial charge on any atom is -0.508 e. The van der Waals surface area contributed by atoms with Crippen LogP contribution in [-0.2, 0) is 19.5 Å². The van der Waals surface area contributed by atoms with Crippen LogP contribution in [0.2, 0.25) is 0 Å². The van der Waals surface area contributed by atoms with Gasteiger partial charge in [0, 0.05) is 23.7 Å². The van der Waals surface area contributed by atoms with Crippen molar-refractivity contribution in [2.24, 2.45) is 0 Å². The van der Waals surface area contributed by atoms with E-state index in [1.54, 1.807) is 6.07 Å². The van der Waals surface area contributed by atoms with Crippen molar-refractivity contribution in [2.45, 2.75) is 32.5 Å². The molecule has 1 unspecified atom stereocenters. The van der Waals surface area contributed by atoms with E-state index in [4.69, 9.17) is 4.74 Å². The van der Waals surface area contributed by atoms with Crippen molar-refractivity contribution >= 4 is 0 Å². The fourth-order valence-electron chi connectivity index (χ4n) is 4.37. The molecule has 0 saturated heterocycles. The van der Waals surface area contributed by atoms with Crippen LogP contribution in [-0.4, -0.2) is 35.8 Å². The maximum atomic E-state index is 13.7. The molecule has 0 amide bonds. The number of likely N-dealkylation sites (N-methyl/N-ethyl adjacent to an activating group) is 1. The third kappa shape index (κ3) is 2.15.